The molecule has 0 bridgehead atoms. The van der Waals surface area contributed by atoms with Crippen LogP contribution in [0.1, 0.15) is 81.8 Å². The summed E-state index contributed by atoms with van der Waals surface area (Å²) in [5.74, 6) is 0.704. The third-order valence-electron chi connectivity index (χ3n) is 8.98. The van der Waals surface area contributed by atoms with Crippen molar-refractivity contribution in [3.05, 3.63) is 46.6 Å². The van der Waals surface area contributed by atoms with Gasteiger partial charge in [0.15, 0.2) is 11.5 Å². The molecule has 302 valence electrons. The average molecular weight is 787 g/mol. The highest BCUT2D eigenvalue weighted by molar-refractivity contribution is 6.31. The first-order chi connectivity index (χ1) is 26.5. The highest BCUT2D eigenvalue weighted by Crippen LogP contribution is 2.28. The Morgan fingerprint density at radius 2 is 1.49 bits per heavy atom. The molecule has 16 heteroatoms. The van der Waals surface area contributed by atoms with Crippen LogP contribution in [-0.2, 0) is 33.3 Å². The fraction of sp³-hybridized carbons (Fsp3) is 0.641. The number of anilines is 1. The number of hydrogen-bond acceptors (Lipinski definition) is 13. The summed E-state index contributed by atoms with van der Waals surface area (Å²) in [5, 5.41) is 24.0. The summed E-state index contributed by atoms with van der Waals surface area (Å²) in [5.41, 5.74) is 0.181. The van der Waals surface area contributed by atoms with Gasteiger partial charge in [-0.15, -0.1) is 10.2 Å². The highest BCUT2D eigenvalue weighted by atomic mass is 35.5. The van der Waals surface area contributed by atoms with Gasteiger partial charge in [-0.1, -0.05) is 11.6 Å². The molecule has 1 aromatic carbocycles. The molecule has 0 spiro atoms. The second-order valence-corrected chi connectivity index (χ2v) is 14.8. The lowest BCUT2D eigenvalue weighted by atomic mass is 9.93. The van der Waals surface area contributed by atoms with Crippen LogP contribution in [0.3, 0.4) is 0 Å². The topological polar surface area (TPSA) is 183 Å². The molecule has 2 amide bonds. The van der Waals surface area contributed by atoms with E-state index in [4.69, 9.17) is 45.3 Å². The molecule has 2 fully saturated rings. The Hall–Kier alpha value is -4.07. The van der Waals surface area contributed by atoms with Gasteiger partial charge in [0, 0.05) is 37.7 Å². The second kappa shape index (κ2) is 23.1. The predicted molar refractivity (Wildman–Crippen MR) is 204 cm³/mol. The Balaban J connectivity index is 0.980. The fourth-order valence-corrected chi connectivity index (χ4v) is 6.34. The molecule has 0 radical (unpaired) electrons. The Kier molecular flexibility index (Phi) is 18.3. The molecule has 2 N–H and O–H groups in total. The van der Waals surface area contributed by atoms with Crippen molar-refractivity contribution in [2.75, 3.05) is 77.4 Å². The van der Waals surface area contributed by atoms with Crippen LogP contribution in [0.15, 0.2) is 30.3 Å². The molecule has 2 aliphatic rings. The first-order valence-corrected chi connectivity index (χ1v) is 19.4. The zero-order chi connectivity index (χ0) is 39.5. The summed E-state index contributed by atoms with van der Waals surface area (Å²) in [7, 11) is 0. The molecule has 55 heavy (non-hydrogen) atoms. The lowest BCUT2D eigenvalue weighted by Gasteiger charge is -2.32. The number of nitrogens with zero attached hydrogens (tertiary/aromatic N) is 4. The molecule has 2 heterocycles. The fourth-order valence-electron chi connectivity index (χ4n) is 6.12. The molecule has 0 atom stereocenters. The number of aromatic nitrogens is 2. The number of amides is 2. The van der Waals surface area contributed by atoms with E-state index >= 15 is 0 Å². The molecule has 0 unspecified atom stereocenters. The number of carbonyl (C=O) groups is 3. The van der Waals surface area contributed by atoms with Crippen molar-refractivity contribution in [3.8, 4) is 11.8 Å². The number of halogens is 1. The lowest BCUT2D eigenvalue weighted by molar-refractivity contribution is -0.156. The van der Waals surface area contributed by atoms with E-state index < -0.39 is 5.60 Å². The van der Waals surface area contributed by atoms with E-state index in [-0.39, 0.29) is 48.0 Å². The number of piperidine rings is 1. The molecule has 1 saturated carbocycles. The molecule has 15 nitrogen and oxygen atoms in total. The minimum Gasteiger partial charge on any atom is -0.490 e. The van der Waals surface area contributed by atoms with Crippen LogP contribution in [0.4, 0.5) is 5.82 Å². The smallest absolute Gasteiger partial charge is 0.308 e. The van der Waals surface area contributed by atoms with Gasteiger partial charge in [0.25, 0.3) is 5.91 Å². The molecule has 1 saturated heterocycles. The number of ether oxygens (including phenoxy) is 6. The predicted octanol–water partition coefficient (Wildman–Crippen LogP) is 4.25. The van der Waals surface area contributed by atoms with Gasteiger partial charge in [0.1, 0.15) is 17.4 Å². The van der Waals surface area contributed by atoms with Crippen LogP contribution in [0.2, 0.25) is 5.02 Å². The lowest BCUT2D eigenvalue weighted by Crippen LogP contribution is -2.42. The summed E-state index contributed by atoms with van der Waals surface area (Å²) in [4.78, 5) is 39.3. The van der Waals surface area contributed by atoms with Crippen LogP contribution in [0.5, 0.6) is 5.75 Å². The van der Waals surface area contributed by atoms with E-state index in [9.17, 15) is 14.4 Å². The van der Waals surface area contributed by atoms with E-state index in [1.807, 2.05) is 26.8 Å². The maximum absolute atomic E-state index is 12.9. The zero-order valence-corrected chi connectivity index (χ0v) is 32.9. The van der Waals surface area contributed by atoms with Crippen molar-refractivity contribution in [2.45, 2.75) is 83.5 Å². The molecule has 1 aliphatic heterocycles. The number of hydrogen-bond donors (Lipinski definition) is 2. The van der Waals surface area contributed by atoms with Crippen molar-refractivity contribution < 1.29 is 42.8 Å². The van der Waals surface area contributed by atoms with Gasteiger partial charge >= 0.3 is 5.97 Å². The van der Waals surface area contributed by atoms with Crippen LogP contribution in [-0.4, -0.2) is 118 Å². The number of nitriles is 1. The summed E-state index contributed by atoms with van der Waals surface area (Å²) in [6, 6.07) is 10.6. The molecular formula is C39H55ClN6O9. The summed E-state index contributed by atoms with van der Waals surface area (Å²) >= 11 is 6.12. The largest absolute Gasteiger partial charge is 0.490 e. The first-order valence-electron chi connectivity index (χ1n) is 19.1. The maximum atomic E-state index is 12.9. The first kappa shape index (κ1) is 43.7. The number of rotatable bonds is 21. The van der Waals surface area contributed by atoms with Gasteiger partial charge in [-0.05, 0) is 83.6 Å². The van der Waals surface area contributed by atoms with Gasteiger partial charge in [-0.25, -0.2) is 0 Å². The van der Waals surface area contributed by atoms with Crippen LogP contribution < -0.4 is 20.3 Å². The van der Waals surface area contributed by atoms with E-state index in [1.54, 1.807) is 30.3 Å². The van der Waals surface area contributed by atoms with Crippen molar-refractivity contribution in [3.63, 3.8) is 0 Å². The number of benzene rings is 1. The van der Waals surface area contributed by atoms with E-state index in [0.29, 0.717) is 107 Å². The zero-order valence-electron chi connectivity index (χ0n) is 32.2. The SMILES string of the molecule is CC(C)(C)OC(=O)CCOCCOCCOCCOCCNC(=O)C1CCN(c2ccc(C(=O)NC3CCC(Oc4ccc(C#N)c(Cl)c4)CC3)nn2)CC1. The molecule has 1 aliphatic carbocycles. The van der Waals surface area contributed by atoms with Crippen LogP contribution in [0.25, 0.3) is 0 Å². The third kappa shape index (κ3) is 16.3. The summed E-state index contributed by atoms with van der Waals surface area (Å²) in [6.45, 7) is 10.4. The van der Waals surface area contributed by atoms with Crippen LogP contribution in [0, 0.1) is 17.2 Å². The van der Waals surface area contributed by atoms with Crippen molar-refractivity contribution in [2.24, 2.45) is 5.92 Å². The van der Waals surface area contributed by atoms with Gasteiger partial charge < -0.3 is 44.0 Å². The van der Waals surface area contributed by atoms with Gasteiger partial charge in [-0.3, -0.25) is 14.4 Å². The monoisotopic (exact) mass is 786 g/mol. The standard InChI is InChI=1S/C39H55ClN6O9/c1-39(2,3)55-36(47)14-18-50-20-22-52-24-25-53-23-21-51-19-15-42-37(48)28-12-16-46(17-13-28)35-11-10-34(44-45-35)38(49)43-30-5-8-31(9-6-30)54-32-7-4-29(27-41)33(40)26-32/h4,7,10-11,26,28,30-31H,5-6,8-9,12-25H2,1-3H3,(H,42,48)(H,43,49). The quantitative estimate of drug-likeness (QED) is 0.135. The third-order valence-corrected chi connectivity index (χ3v) is 9.29. The summed E-state index contributed by atoms with van der Waals surface area (Å²) < 4.78 is 33.2. The van der Waals surface area contributed by atoms with Crippen LogP contribution >= 0.6 is 11.6 Å². The van der Waals surface area contributed by atoms with Gasteiger partial charge in [0.05, 0.1) is 76.0 Å². The van der Waals surface area contributed by atoms with Gasteiger partial charge in [0.2, 0.25) is 5.91 Å². The average Bonchev–Trinajstić information content (AvgIpc) is 3.16. The molecule has 1 aromatic heterocycles. The second-order valence-electron chi connectivity index (χ2n) is 14.4. The highest BCUT2D eigenvalue weighted by Gasteiger charge is 2.27. The molecule has 4 rings (SSSR count). The van der Waals surface area contributed by atoms with E-state index in [0.717, 1.165) is 25.7 Å². The minimum absolute atomic E-state index is 0.0131. The normalized spacial score (nSPS) is 17.6. The Morgan fingerprint density at radius 3 is 2.07 bits per heavy atom. The van der Waals surface area contributed by atoms with Crippen molar-refractivity contribution >= 4 is 35.2 Å². The van der Waals surface area contributed by atoms with E-state index in [1.165, 1.54) is 0 Å². The van der Waals surface area contributed by atoms with Crippen molar-refractivity contribution in [1.29, 1.82) is 5.26 Å². The number of esters is 1. The maximum Gasteiger partial charge on any atom is 0.308 e. The Bertz CT molecular complexity index is 1540. The Labute approximate surface area is 328 Å². The van der Waals surface area contributed by atoms with Gasteiger partial charge in [-0.2, -0.15) is 5.26 Å². The minimum atomic E-state index is -0.493. The Morgan fingerprint density at radius 1 is 0.855 bits per heavy atom. The van der Waals surface area contributed by atoms with E-state index in [2.05, 4.69) is 25.7 Å². The van der Waals surface area contributed by atoms with Crippen molar-refractivity contribution in [1.82, 2.24) is 20.8 Å². The molecule has 2 aromatic rings. The molecular weight excluding hydrogens is 732 g/mol. The summed E-state index contributed by atoms with van der Waals surface area (Å²) in [6.07, 6.45) is 4.71. The number of carbonyl (C=O) groups excluding carboxylic acids is 3. The number of nitrogens with one attached hydrogen (secondary N) is 2.